The van der Waals surface area contributed by atoms with Gasteiger partial charge in [-0.2, -0.15) is 0 Å². The maximum Gasteiger partial charge on any atom is 0.126 e. The molecule has 41 heavy (non-hydrogen) atoms. The monoisotopic (exact) mass is 564 g/mol. The topological polar surface area (TPSA) is 43.5 Å². The van der Waals surface area contributed by atoms with Gasteiger partial charge in [-0.1, -0.05) is 107 Å². The Bertz CT molecular complexity index is 1100. The highest BCUT2D eigenvalue weighted by Gasteiger charge is 2.42. The van der Waals surface area contributed by atoms with Gasteiger partial charge in [0, 0.05) is 22.3 Å². The van der Waals surface area contributed by atoms with Crippen LogP contribution in [0.3, 0.4) is 0 Å². The van der Waals surface area contributed by atoms with Gasteiger partial charge in [-0.3, -0.25) is 0 Å². The second-order valence-electron chi connectivity index (χ2n) is 17.3. The number of ether oxygens (including phenoxy) is 4. The first-order valence-corrected chi connectivity index (χ1v) is 15.4. The van der Waals surface area contributed by atoms with E-state index in [4.69, 9.17) is 18.9 Å². The molecule has 0 aliphatic carbocycles. The molecule has 2 unspecified atom stereocenters. The molecule has 2 aliphatic heterocycles. The molecule has 0 bridgehead atoms. The Labute approximate surface area is 250 Å². The summed E-state index contributed by atoms with van der Waals surface area (Å²) in [6, 6.07) is 9.52. The lowest BCUT2D eigenvalue weighted by Crippen LogP contribution is -2.25. The van der Waals surface area contributed by atoms with Gasteiger partial charge in [-0.05, 0) is 53.1 Å². The van der Waals surface area contributed by atoms with Crippen molar-refractivity contribution in [3.8, 4) is 11.5 Å². The fraction of sp³-hybridized carbons (Fsp3) is 0.676. The summed E-state index contributed by atoms with van der Waals surface area (Å²) in [5.41, 5.74) is 7.06. The Kier molecular flexibility index (Phi) is 8.01. The summed E-state index contributed by atoms with van der Waals surface area (Å²) in [5.74, 6) is 2.05. The van der Waals surface area contributed by atoms with Crippen LogP contribution in [-0.2, 0) is 37.6 Å². The highest BCUT2D eigenvalue weighted by molar-refractivity contribution is 5.54. The van der Waals surface area contributed by atoms with Crippen LogP contribution >= 0.6 is 0 Å². The Morgan fingerprint density at radius 1 is 0.537 bits per heavy atom. The van der Waals surface area contributed by atoms with Crippen molar-refractivity contribution in [3.05, 3.63) is 57.6 Å². The molecule has 0 N–H and O–H groups in total. The number of hydrogen-bond acceptors (Lipinski definition) is 4. The van der Waals surface area contributed by atoms with Crippen LogP contribution in [0.1, 0.15) is 130 Å². The minimum Gasteiger partial charge on any atom is -0.490 e. The number of rotatable bonds is 8. The van der Waals surface area contributed by atoms with Crippen LogP contribution in [0.15, 0.2) is 24.3 Å². The molecule has 2 heterocycles. The van der Waals surface area contributed by atoms with Crippen molar-refractivity contribution in [1.29, 1.82) is 0 Å². The van der Waals surface area contributed by atoms with Gasteiger partial charge in [-0.25, -0.2) is 0 Å². The molecule has 2 atom stereocenters. The van der Waals surface area contributed by atoms with Gasteiger partial charge in [0.25, 0.3) is 0 Å². The molecule has 228 valence electrons. The van der Waals surface area contributed by atoms with Crippen LogP contribution in [0.4, 0.5) is 0 Å². The smallest absolute Gasteiger partial charge is 0.126 e. The van der Waals surface area contributed by atoms with Crippen LogP contribution in [0.2, 0.25) is 0 Å². The molecule has 4 heteroatoms. The Balaban J connectivity index is 1.82. The van der Waals surface area contributed by atoms with Crippen molar-refractivity contribution < 1.29 is 18.9 Å². The van der Waals surface area contributed by atoms with Gasteiger partial charge in [0.2, 0.25) is 0 Å². The zero-order chi connectivity index (χ0) is 30.8. The molecule has 0 aromatic heterocycles. The van der Waals surface area contributed by atoms with Gasteiger partial charge in [0.1, 0.15) is 35.9 Å². The van der Waals surface area contributed by atoms with Crippen molar-refractivity contribution in [2.75, 3.05) is 26.4 Å². The van der Waals surface area contributed by atoms with E-state index in [9.17, 15) is 0 Å². The third-order valence-corrected chi connectivity index (χ3v) is 8.26. The predicted octanol–water partition coefficient (Wildman–Crippen LogP) is 8.80. The van der Waals surface area contributed by atoms with Crippen LogP contribution in [0, 0.1) is 0 Å². The van der Waals surface area contributed by atoms with Crippen molar-refractivity contribution in [1.82, 2.24) is 0 Å². The molecule has 0 spiro atoms. The maximum atomic E-state index is 6.60. The van der Waals surface area contributed by atoms with Crippen molar-refractivity contribution >= 4 is 0 Å². The van der Waals surface area contributed by atoms with E-state index in [1.807, 2.05) is 0 Å². The van der Waals surface area contributed by atoms with Gasteiger partial charge in [-0.15, -0.1) is 0 Å². The zero-order valence-corrected chi connectivity index (χ0v) is 28.5. The average molecular weight is 565 g/mol. The summed E-state index contributed by atoms with van der Waals surface area (Å²) in [4.78, 5) is 0. The zero-order valence-electron chi connectivity index (χ0n) is 28.5. The first-order chi connectivity index (χ1) is 18.5. The Morgan fingerprint density at radius 2 is 0.780 bits per heavy atom. The first-order valence-electron chi connectivity index (χ1n) is 15.4. The molecule has 4 nitrogen and oxygen atoms in total. The van der Waals surface area contributed by atoms with Gasteiger partial charge in [0.15, 0.2) is 0 Å². The fourth-order valence-electron chi connectivity index (χ4n) is 5.22. The van der Waals surface area contributed by atoms with Crippen LogP contribution < -0.4 is 9.47 Å². The molecule has 2 fully saturated rings. The second-order valence-corrected chi connectivity index (χ2v) is 17.3. The molecule has 0 saturated carbocycles. The minimum absolute atomic E-state index is 0.0670. The number of epoxide rings is 2. The SMILES string of the molecule is CC1(COc2c(C(C)(C)C)cc(Cc3cc(C(C)(C)C)c(OCC4(C)CO4)c(C(C)(C)C)c3)cc2C(C)(C)C)CO1. The van der Waals surface area contributed by atoms with E-state index in [2.05, 4.69) is 121 Å². The van der Waals surface area contributed by atoms with E-state index in [0.717, 1.165) is 31.1 Å². The Hall–Kier alpha value is -2.04. The fourth-order valence-corrected chi connectivity index (χ4v) is 5.22. The summed E-state index contributed by atoms with van der Waals surface area (Å²) in [7, 11) is 0. The van der Waals surface area contributed by atoms with E-state index < -0.39 is 0 Å². The van der Waals surface area contributed by atoms with Crippen molar-refractivity contribution in [2.24, 2.45) is 0 Å². The van der Waals surface area contributed by atoms with Gasteiger partial charge >= 0.3 is 0 Å². The molecule has 2 aromatic rings. The van der Waals surface area contributed by atoms with Crippen LogP contribution in [0.25, 0.3) is 0 Å². The summed E-state index contributed by atoms with van der Waals surface area (Å²) >= 11 is 0. The molecular weight excluding hydrogens is 508 g/mol. The summed E-state index contributed by atoms with van der Waals surface area (Å²) in [6.07, 6.45) is 0.848. The van der Waals surface area contributed by atoms with Crippen LogP contribution in [-0.4, -0.2) is 37.6 Å². The molecule has 0 radical (unpaired) electrons. The molecule has 2 aromatic carbocycles. The van der Waals surface area contributed by atoms with E-state index in [1.54, 1.807) is 0 Å². The molecule has 2 aliphatic rings. The summed E-state index contributed by atoms with van der Waals surface area (Å²) in [5, 5.41) is 0. The maximum absolute atomic E-state index is 6.60. The third-order valence-electron chi connectivity index (χ3n) is 8.26. The molecule has 2 saturated heterocycles. The lowest BCUT2D eigenvalue weighted by molar-refractivity contribution is 0.196. The van der Waals surface area contributed by atoms with Crippen molar-refractivity contribution in [2.45, 2.75) is 136 Å². The van der Waals surface area contributed by atoms with Gasteiger partial charge < -0.3 is 18.9 Å². The average Bonchev–Trinajstić information content (AvgIpc) is 3.73. The summed E-state index contributed by atoms with van der Waals surface area (Å²) in [6.45, 7) is 34.3. The first kappa shape index (κ1) is 31.9. The highest BCUT2D eigenvalue weighted by atomic mass is 16.6. The third kappa shape index (κ3) is 7.68. The molecule has 0 amide bonds. The largest absolute Gasteiger partial charge is 0.490 e. The highest BCUT2D eigenvalue weighted by Crippen LogP contribution is 2.45. The van der Waals surface area contributed by atoms with E-state index >= 15 is 0 Å². The standard InChI is InChI=1S/C37H56O4/c1-32(2,3)26-16-24(17-27(33(4,5)6)30(26)38-20-36(13)22-40-36)15-25-18-28(34(7,8)9)31(29(19-25)35(10,11)12)39-21-37(14)23-41-37/h16-19H,15,20-23H2,1-14H3. The minimum atomic E-state index is -0.164. The van der Waals surface area contributed by atoms with E-state index in [0.29, 0.717) is 13.2 Å². The Morgan fingerprint density at radius 3 is 0.976 bits per heavy atom. The van der Waals surface area contributed by atoms with Crippen molar-refractivity contribution in [3.63, 3.8) is 0 Å². The number of hydrogen-bond donors (Lipinski definition) is 0. The lowest BCUT2D eigenvalue weighted by atomic mass is 9.76. The summed E-state index contributed by atoms with van der Waals surface area (Å²) < 4.78 is 24.5. The normalized spacial score (nSPS) is 23.0. The lowest BCUT2D eigenvalue weighted by Gasteiger charge is -2.32. The van der Waals surface area contributed by atoms with Gasteiger partial charge in [0.05, 0.1) is 13.2 Å². The quantitative estimate of drug-likeness (QED) is 0.301. The second kappa shape index (κ2) is 10.3. The molecular formula is C37H56O4. The predicted molar refractivity (Wildman–Crippen MR) is 170 cm³/mol. The van der Waals surface area contributed by atoms with E-state index in [1.165, 1.54) is 33.4 Å². The van der Waals surface area contributed by atoms with E-state index in [-0.39, 0.29) is 32.9 Å². The number of benzene rings is 2. The van der Waals surface area contributed by atoms with Crippen LogP contribution in [0.5, 0.6) is 11.5 Å². The molecule has 4 rings (SSSR count).